The molecule has 156 valence electrons. The molecule has 2 heterocycles. The molecule has 0 bridgehead atoms. The van der Waals surface area contributed by atoms with Gasteiger partial charge in [-0.25, -0.2) is 4.79 Å². The summed E-state index contributed by atoms with van der Waals surface area (Å²) in [5, 5.41) is 11.7. The highest BCUT2D eigenvalue weighted by molar-refractivity contribution is 6.30. The van der Waals surface area contributed by atoms with Crippen LogP contribution in [0.4, 0.5) is 0 Å². The minimum absolute atomic E-state index is 0.0588. The molecule has 6 rings (SSSR count). The van der Waals surface area contributed by atoms with Gasteiger partial charge in [0.1, 0.15) is 22.8 Å². The van der Waals surface area contributed by atoms with Gasteiger partial charge in [0.15, 0.2) is 5.78 Å². The molecule has 1 aliphatic carbocycles. The van der Waals surface area contributed by atoms with Crippen molar-refractivity contribution in [2.24, 2.45) is 0 Å². The number of ether oxygens (including phenoxy) is 1. The molecule has 0 fully saturated rings. The van der Waals surface area contributed by atoms with Crippen molar-refractivity contribution in [3.63, 3.8) is 0 Å². The summed E-state index contributed by atoms with van der Waals surface area (Å²) in [4.78, 5) is 25.8. The summed E-state index contributed by atoms with van der Waals surface area (Å²) in [5.74, 6) is 0.0201. The number of aromatic hydroxyl groups is 1. The van der Waals surface area contributed by atoms with Crippen LogP contribution in [0.25, 0.3) is 16.7 Å². The van der Waals surface area contributed by atoms with Crippen LogP contribution in [0.5, 0.6) is 11.5 Å². The summed E-state index contributed by atoms with van der Waals surface area (Å²) in [6.45, 7) is 1.73. The Labute approximate surface area is 187 Å². The number of aryl methyl sites for hydroxylation is 1. The highest BCUT2D eigenvalue weighted by Gasteiger charge is 2.43. The van der Waals surface area contributed by atoms with Crippen molar-refractivity contribution in [1.82, 2.24) is 0 Å². The monoisotopic (exact) mass is 442 g/mol. The molecule has 1 N–H and O–H groups in total. The van der Waals surface area contributed by atoms with Gasteiger partial charge in [-0.15, -0.1) is 0 Å². The third-order valence-corrected chi connectivity index (χ3v) is 6.34. The normalized spacial score (nSPS) is 16.6. The molecule has 1 atom stereocenters. The Morgan fingerprint density at radius 2 is 1.69 bits per heavy atom. The Balaban J connectivity index is 1.74. The van der Waals surface area contributed by atoms with Crippen molar-refractivity contribution in [2.75, 3.05) is 0 Å². The maximum atomic E-state index is 13.5. The quantitative estimate of drug-likeness (QED) is 0.389. The second-order valence-electron chi connectivity index (χ2n) is 7.96. The highest BCUT2D eigenvalue weighted by Crippen LogP contribution is 2.53. The molecule has 1 aliphatic heterocycles. The fraction of sp³-hybridized carbons (Fsp3) is 0.0769. The first-order chi connectivity index (χ1) is 15.4. The van der Waals surface area contributed by atoms with E-state index in [9.17, 15) is 14.7 Å². The SMILES string of the molecule is Cc1cc(=O)oc2c3c(cc(O)c12)OC1=C(C(=O)c2ccccc21)C3c1ccc(Cl)cc1. The van der Waals surface area contributed by atoms with Gasteiger partial charge in [-0.3, -0.25) is 4.79 Å². The Kier molecular flexibility index (Phi) is 3.89. The van der Waals surface area contributed by atoms with Crippen LogP contribution in [0, 0.1) is 6.92 Å². The lowest BCUT2D eigenvalue weighted by molar-refractivity contribution is 0.103. The predicted molar refractivity (Wildman–Crippen MR) is 121 cm³/mol. The maximum absolute atomic E-state index is 13.5. The number of phenols is 1. The third-order valence-electron chi connectivity index (χ3n) is 6.09. The zero-order chi connectivity index (χ0) is 22.1. The number of carbonyl (C=O) groups excluding carboxylic acids is 1. The second kappa shape index (κ2) is 6.58. The lowest BCUT2D eigenvalue weighted by atomic mass is 9.80. The molecule has 0 saturated carbocycles. The second-order valence-corrected chi connectivity index (χ2v) is 8.40. The number of benzene rings is 3. The maximum Gasteiger partial charge on any atom is 0.336 e. The van der Waals surface area contributed by atoms with Crippen LogP contribution in [-0.2, 0) is 0 Å². The van der Waals surface area contributed by atoms with E-state index in [0.717, 1.165) is 5.56 Å². The molecule has 1 unspecified atom stereocenters. The summed E-state index contributed by atoms with van der Waals surface area (Å²) in [7, 11) is 0. The smallest absolute Gasteiger partial charge is 0.336 e. The minimum Gasteiger partial charge on any atom is -0.507 e. The summed E-state index contributed by atoms with van der Waals surface area (Å²) >= 11 is 6.12. The van der Waals surface area contributed by atoms with E-state index < -0.39 is 11.5 Å². The number of rotatable bonds is 1. The summed E-state index contributed by atoms with van der Waals surface area (Å²) < 4.78 is 11.8. The van der Waals surface area contributed by atoms with E-state index in [1.807, 2.05) is 30.3 Å². The van der Waals surface area contributed by atoms with Gasteiger partial charge in [-0.2, -0.15) is 0 Å². The van der Waals surface area contributed by atoms with Gasteiger partial charge in [-0.05, 0) is 30.2 Å². The number of phenolic OH excluding ortho intramolecular Hbond substituents is 1. The number of halogens is 1. The van der Waals surface area contributed by atoms with E-state index in [2.05, 4.69) is 0 Å². The van der Waals surface area contributed by atoms with Crippen molar-refractivity contribution in [2.45, 2.75) is 12.8 Å². The molecule has 6 heteroatoms. The summed E-state index contributed by atoms with van der Waals surface area (Å²) in [6, 6.07) is 17.3. The average Bonchev–Trinajstić information content (AvgIpc) is 3.04. The van der Waals surface area contributed by atoms with E-state index in [4.69, 9.17) is 20.8 Å². The van der Waals surface area contributed by atoms with E-state index in [-0.39, 0.29) is 17.1 Å². The Hall–Kier alpha value is -3.83. The van der Waals surface area contributed by atoms with Crippen LogP contribution >= 0.6 is 11.6 Å². The lowest BCUT2D eigenvalue weighted by Crippen LogP contribution is -2.18. The summed E-state index contributed by atoms with van der Waals surface area (Å²) in [6.07, 6.45) is 0. The molecule has 4 aromatic rings. The predicted octanol–water partition coefficient (Wildman–Crippen LogP) is 5.59. The van der Waals surface area contributed by atoms with E-state index in [1.165, 1.54) is 12.1 Å². The lowest BCUT2D eigenvalue weighted by Gasteiger charge is -2.28. The molecule has 0 spiro atoms. The minimum atomic E-state index is -0.570. The van der Waals surface area contributed by atoms with Crippen LogP contribution in [0.15, 0.2) is 75.4 Å². The fourth-order valence-corrected chi connectivity index (χ4v) is 4.87. The topological polar surface area (TPSA) is 76.7 Å². The standard InChI is InChI=1S/C26H15ClO5/c1-12-10-19(29)32-26-20(12)17(28)11-18-22(26)21(13-6-8-14(27)9-7-13)23-24(30)15-4-2-3-5-16(15)25(23)31-18/h2-11,21,28H,1H3. The molecule has 5 nitrogen and oxygen atoms in total. The summed E-state index contributed by atoms with van der Waals surface area (Å²) in [5.41, 5.74) is 3.28. The molecule has 0 amide bonds. The van der Waals surface area contributed by atoms with Crippen LogP contribution in [0.3, 0.4) is 0 Å². The molecule has 1 aromatic heterocycles. The molecular weight excluding hydrogens is 428 g/mol. The Bertz CT molecular complexity index is 1560. The van der Waals surface area contributed by atoms with Crippen molar-refractivity contribution < 1.29 is 19.1 Å². The first-order valence-electron chi connectivity index (χ1n) is 10.1. The first kappa shape index (κ1) is 18.9. The molecule has 32 heavy (non-hydrogen) atoms. The largest absolute Gasteiger partial charge is 0.507 e. The number of hydrogen-bond donors (Lipinski definition) is 1. The van der Waals surface area contributed by atoms with Gasteiger partial charge in [0.25, 0.3) is 0 Å². The van der Waals surface area contributed by atoms with E-state index in [0.29, 0.717) is 49.7 Å². The fourth-order valence-electron chi connectivity index (χ4n) is 4.75. The van der Waals surface area contributed by atoms with Crippen molar-refractivity contribution >= 4 is 34.1 Å². The van der Waals surface area contributed by atoms with Gasteiger partial charge in [0.05, 0.1) is 16.5 Å². The van der Waals surface area contributed by atoms with Gasteiger partial charge in [0, 0.05) is 34.2 Å². The molecule has 0 radical (unpaired) electrons. The number of allylic oxidation sites excluding steroid dienone is 1. The van der Waals surface area contributed by atoms with Gasteiger partial charge >= 0.3 is 5.63 Å². The number of ketones is 1. The van der Waals surface area contributed by atoms with Crippen LogP contribution in [0.1, 0.15) is 38.5 Å². The molecule has 2 aliphatic rings. The average molecular weight is 443 g/mol. The van der Waals surface area contributed by atoms with Gasteiger partial charge < -0.3 is 14.3 Å². The van der Waals surface area contributed by atoms with Gasteiger partial charge in [-0.1, -0.05) is 48.0 Å². The Morgan fingerprint density at radius 1 is 0.969 bits per heavy atom. The van der Waals surface area contributed by atoms with Crippen molar-refractivity contribution in [1.29, 1.82) is 0 Å². The van der Waals surface area contributed by atoms with E-state index in [1.54, 1.807) is 25.1 Å². The third kappa shape index (κ3) is 2.52. The molecular formula is C26H15ClO5. The number of hydrogen-bond acceptors (Lipinski definition) is 5. The number of carbonyl (C=O) groups is 1. The zero-order valence-corrected chi connectivity index (χ0v) is 17.6. The van der Waals surface area contributed by atoms with Crippen molar-refractivity contribution in [3.8, 4) is 11.5 Å². The van der Waals surface area contributed by atoms with Crippen LogP contribution in [0.2, 0.25) is 5.02 Å². The van der Waals surface area contributed by atoms with Crippen LogP contribution < -0.4 is 10.4 Å². The molecule has 3 aromatic carbocycles. The van der Waals surface area contributed by atoms with Crippen LogP contribution in [-0.4, -0.2) is 10.9 Å². The Morgan fingerprint density at radius 3 is 2.44 bits per heavy atom. The van der Waals surface area contributed by atoms with Crippen molar-refractivity contribution in [3.05, 3.63) is 109 Å². The van der Waals surface area contributed by atoms with Gasteiger partial charge in [0.2, 0.25) is 0 Å². The van der Waals surface area contributed by atoms with E-state index >= 15 is 0 Å². The number of Topliss-reactive ketones (excluding diaryl/α,β-unsaturated/α-hetero) is 1. The first-order valence-corrected chi connectivity index (χ1v) is 10.4. The zero-order valence-electron chi connectivity index (χ0n) is 16.8. The molecule has 0 saturated heterocycles. The highest BCUT2D eigenvalue weighted by atomic mass is 35.5. The number of fused-ring (bicyclic) bond motifs is 5.